The Bertz CT molecular complexity index is 287. The third kappa shape index (κ3) is 8.64. The standard InChI is InChI=1S/C7H12O3.C6H11NO2.CH5N/c1-9-7(8)6-2-4-10-5-3-6;7-6(8)5-1-3-9-4-2-5;1-2/h6H,2-5H2,1H3;5H,1-4H2,(H2,7,8);2H2,1H3. The van der Waals surface area contributed by atoms with Crippen molar-refractivity contribution in [2.75, 3.05) is 40.6 Å². The lowest BCUT2D eigenvalue weighted by Gasteiger charge is -2.19. The summed E-state index contributed by atoms with van der Waals surface area (Å²) in [5.41, 5.74) is 9.57. The van der Waals surface area contributed by atoms with Crippen molar-refractivity contribution in [1.82, 2.24) is 0 Å². The third-order valence-corrected chi connectivity index (χ3v) is 3.38. The number of ether oxygens (including phenoxy) is 3. The molecule has 7 nitrogen and oxygen atoms in total. The van der Waals surface area contributed by atoms with E-state index < -0.39 is 0 Å². The molecule has 0 radical (unpaired) electrons. The zero-order chi connectivity index (χ0) is 16.1. The van der Waals surface area contributed by atoms with Crippen LogP contribution in [0.25, 0.3) is 0 Å². The average molecular weight is 304 g/mol. The van der Waals surface area contributed by atoms with Crippen molar-refractivity contribution in [3.8, 4) is 0 Å². The van der Waals surface area contributed by atoms with Gasteiger partial charge >= 0.3 is 5.97 Å². The van der Waals surface area contributed by atoms with E-state index in [9.17, 15) is 9.59 Å². The van der Waals surface area contributed by atoms with E-state index in [1.807, 2.05) is 0 Å². The highest BCUT2D eigenvalue weighted by Crippen LogP contribution is 2.15. The van der Waals surface area contributed by atoms with E-state index in [1.54, 1.807) is 0 Å². The highest BCUT2D eigenvalue weighted by atomic mass is 16.5. The minimum Gasteiger partial charge on any atom is -0.469 e. The third-order valence-electron chi connectivity index (χ3n) is 3.38. The van der Waals surface area contributed by atoms with E-state index in [0.29, 0.717) is 26.4 Å². The predicted molar refractivity (Wildman–Crippen MR) is 78.4 cm³/mol. The van der Waals surface area contributed by atoms with Crippen molar-refractivity contribution < 1.29 is 23.8 Å². The smallest absolute Gasteiger partial charge is 0.308 e. The van der Waals surface area contributed by atoms with Crippen molar-refractivity contribution >= 4 is 11.9 Å². The summed E-state index contributed by atoms with van der Waals surface area (Å²) in [6, 6.07) is 0. The van der Waals surface area contributed by atoms with Crippen LogP contribution in [0.2, 0.25) is 0 Å². The van der Waals surface area contributed by atoms with Crippen molar-refractivity contribution in [1.29, 1.82) is 0 Å². The number of carbonyl (C=O) groups excluding carboxylic acids is 2. The van der Waals surface area contributed by atoms with Crippen LogP contribution < -0.4 is 11.5 Å². The Morgan fingerprint density at radius 1 is 0.905 bits per heavy atom. The largest absolute Gasteiger partial charge is 0.469 e. The monoisotopic (exact) mass is 304 g/mol. The number of hydrogen-bond donors (Lipinski definition) is 2. The van der Waals surface area contributed by atoms with Crippen LogP contribution in [-0.2, 0) is 23.8 Å². The fourth-order valence-corrected chi connectivity index (χ4v) is 2.08. The summed E-state index contributed by atoms with van der Waals surface area (Å²) in [7, 11) is 2.93. The molecule has 2 aliphatic rings. The molecule has 4 N–H and O–H groups in total. The van der Waals surface area contributed by atoms with Gasteiger partial charge in [-0.25, -0.2) is 0 Å². The molecular weight excluding hydrogens is 276 g/mol. The molecule has 0 unspecified atom stereocenters. The molecule has 124 valence electrons. The van der Waals surface area contributed by atoms with E-state index in [2.05, 4.69) is 10.5 Å². The second-order valence-electron chi connectivity index (χ2n) is 4.70. The number of hydrogen-bond acceptors (Lipinski definition) is 6. The van der Waals surface area contributed by atoms with Crippen LogP contribution in [0.1, 0.15) is 25.7 Å². The van der Waals surface area contributed by atoms with E-state index in [-0.39, 0.29) is 23.7 Å². The fraction of sp³-hybridized carbons (Fsp3) is 0.857. The van der Waals surface area contributed by atoms with Crippen molar-refractivity contribution in [3.05, 3.63) is 0 Å². The lowest BCUT2D eigenvalue weighted by molar-refractivity contribution is -0.148. The normalized spacial score (nSPS) is 19.4. The molecule has 0 bridgehead atoms. The second-order valence-corrected chi connectivity index (χ2v) is 4.70. The molecule has 0 atom stereocenters. The highest BCUT2D eigenvalue weighted by molar-refractivity contribution is 5.76. The molecule has 2 heterocycles. The first-order chi connectivity index (χ1) is 10.1. The first kappa shape index (κ1) is 19.8. The predicted octanol–water partition coefficient (Wildman–Crippen LogP) is 0.0592. The number of esters is 1. The molecule has 2 aliphatic heterocycles. The highest BCUT2D eigenvalue weighted by Gasteiger charge is 2.21. The van der Waals surface area contributed by atoms with Gasteiger partial charge in [-0.2, -0.15) is 0 Å². The maximum absolute atomic E-state index is 10.9. The van der Waals surface area contributed by atoms with Crippen molar-refractivity contribution in [2.45, 2.75) is 25.7 Å². The summed E-state index contributed by atoms with van der Waals surface area (Å²) in [5, 5.41) is 0. The first-order valence-electron chi connectivity index (χ1n) is 7.25. The Balaban J connectivity index is 0.000000342. The Labute approximate surface area is 126 Å². The van der Waals surface area contributed by atoms with Crippen LogP contribution in [0, 0.1) is 11.8 Å². The van der Waals surface area contributed by atoms with Gasteiger partial charge in [0, 0.05) is 32.3 Å². The summed E-state index contributed by atoms with van der Waals surface area (Å²) in [6.45, 7) is 2.76. The molecule has 1 amide bonds. The average Bonchev–Trinajstić information content (AvgIpc) is 2.58. The number of amides is 1. The Morgan fingerprint density at radius 3 is 1.57 bits per heavy atom. The van der Waals surface area contributed by atoms with Crippen molar-refractivity contribution in [3.63, 3.8) is 0 Å². The molecular formula is C14H28N2O5. The Kier molecular flexibility index (Phi) is 11.8. The zero-order valence-electron chi connectivity index (χ0n) is 13.0. The van der Waals surface area contributed by atoms with Gasteiger partial charge in [-0.3, -0.25) is 9.59 Å². The first-order valence-corrected chi connectivity index (χ1v) is 7.25. The Morgan fingerprint density at radius 2 is 1.29 bits per heavy atom. The number of carbonyl (C=O) groups is 2. The molecule has 0 aromatic heterocycles. The summed E-state index contributed by atoms with van der Waals surface area (Å²) in [6.07, 6.45) is 3.23. The van der Waals surface area contributed by atoms with Gasteiger partial charge in [-0.1, -0.05) is 0 Å². The molecule has 2 saturated heterocycles. The van der Waals surface area contributed by atoms with Crippen LogP contribution in [0.15, 0.2) is 0 Å². The molecule has 0 spiro atoms. The van der Waals surface area contributed by atoms with Gasteiger partial charge in [0.05, 0.1) is 13.0 Å². The zero-order valence-corrected chi connectivity index (χ0v) is 13.0. The van der Waals surface area contributed by atoms with Gasteiger partial charge in [0.1, 0.15) is 0 Å². The number of nitrogens with two attached hydrogens (primary N) is 2. The molecule has 0 saturated carbocycles. The van der Waals surface area contributed by atoms with E-state index in [0.717, 1.165) is 25.7 Å². The van der Waals surface area contributed by atoms with Crippen LogP contribution in [0.5, 0.6) is 0 Å². The summed E-state index contributed by atoms with van der Waals surface area (Å²) >= 11 is 0. The van der Waals surface area contributed by atoms with Gasteiger partial charge in [-0.05, 0) is 32.7 Å². The van der Waals surface area contributed by atoms with Gasteiger partial charge in [0.2, 0.25) is 5.91 Å². The fourth-order valence-electron chi connectivity index (χ4n) is 2.08. The van der Waals surface area contributed by atoms with E-state index in [1.165, 1.54) is 14.2 Å². The maximum Gasteiger partial charge on any atom is 0.308 e. The number of rotatable bonds is 2. The molecule has 0 aromatic carbocycles. The van der Waals surface area contributed by atoms with Crippen LogP contribution in [0.4, 0.5) is 0 Å². The molecule has 0 aliphatic carbocycles. The van der Waals surface area contributed by atoms with Crippen molar-refractivity contribution in [2.24, 2.45) is 23.3 Å². The second kappa shape index (κ2) is 12.6. The lowest BCUT2D eigenvalue weighted by Crippen LogP contribution is -2.28. The van der Waals surface area contributed by atoms with E-state index in [4.69, 9.17) is 15.2 Å². The van der Waals surface area contributed by atoms with Gasteiger partial charge in [0.15, 0.2) is 0 Å². The number of methoxy groups -OCH3 is 1. The quantitative estimate of drug-likeness (QED) is 0.697. The van der Waals surface area contributed by atoms with Crippen LogP contribution in [0.3, 0.4) is 0 Å². The summed E-state index contributed by atoms with van der Waals surface area (Å²) in [4.78, 5) is 21.4. The molecule has 21 heavy (non-hydrogen) atoms. The Hall–Kier alpha value is -1.18. The molecule has 2 fully saturated rings. The van der Waals surface area contributed by atoms with Gasteiger partial charge < -0.3 is 25.7 Å². The van der Waals surface area contributed by atoms with Crippen LogP contribution in [-0.4, -0.2) is 52.5 Å². The minimum absolute atomic E-state index is 0.0683. The molecule has 7 heteroatoms. The SMILES string of the molecule is CN.COC(=O)C1CCOCC1.NC(=O)C1CCOCC1. The van der Waals surface area contributed by atoms with Gasteiger partial charge in [0.25, 0.3) is 0 Å². The minimum atomic E-state index is -0.182. The number of primary amides is 1. The van der Waals surface area contributed by atoms with E-state index >= 15 is 0 Å². The van der Waals surface area contributed by atoms with Gasteiger partial charge in [-0.15, -0.1) is 0 Å². The topological polar surface area (TPSA) is 114 Å². The molecule has 2 rings (SSSR count). The summed E-state index contributed by atoms with van der Waals surface area (Å²) in [5.74, 6) is -0.126. The molecule has 0 aromatic rings. The maximum atomic E-state index is 10.9. The summed E-state index contributed by atoms with van der Waals surface area (Å²) < 4.78 is 14.7. The lowest BCUT2D eigenvalue weighted by atomic mass is 10.0. The van der Waals surface area contributed by atoms with Crippen LogP contribution >= 0.6 is 0 Å².